The number of nitrogens with one attached hydrogen (secondary N) is 1. The molecule has 0 fully saturated rings. The number of nitrogens with zero attached hydrogens (tertiary/aromatic N) is 2. The van der Waals surface area contributed by atoms with Crippen molar-refractivity contribution in [3.05, 3.63) is 0 Å². The van der Waals surface area contributed by atoms with Gasteiger partial charge in [-0.05, 0) is 60.8 Å². The lowest BCUT2D eigenvalue weighted by Crippen LogP contribution is -2.36. The maximum absolute atomic E-state index is 11.8. The molecule has 3 amide bonds. The number of rotatable bonds is 9. The van der Waals surface area contributed by atoms with E-state index in [1.807, 2.05) is 41.5 Å². The molecule has 0 aromatic carbocycles. The van der Waals surface area contributed by atoms with Gasteiger partial charge in [-0.3, -0.25) is 0 Å². The van der Waals surface area contributed by atoms with Gasteiger partial charge in [0.05, 0.1) is 6.61 Å². The van der Waals surface area contributed by atoms with Gasteiger partial charge in [0, 0.05) is 33.7 Å². The molecular weight excluding hydrogens is 378 g/mol. The first-order valence-electron chi connectivity index (χ1n) is 10.00. The zero-order valence-corrected chi connectivity index (χ0v) is 19.3. The van der Waals surface area contributed by atoms with Crippen LogP contribution < -0.4 is 5.32 Å². The smallest absolute Gasteiger partial charge is 0.410 e. The molecule has 0 aliphatic carbocycles. The van der Waals surface area contributed by atoms with Crippen molar-refractivity contribution in [2.45, 2.75) is 72.0 Å². The maximum atomic E-state index is 11.8. The van der Waals surface area contributed by atoms with Crippen molar-refractivity contribution >= 4 is 18.3 Å². The van der Waals surface area contributed by atoms with Crippen molar-refractivity contribution in [1.29, 1.82) is 0 Å². The van der Waals surface area contributed by atoms with Crippen LogP contribution in [0.15, 0.2) is 0 Å². The van der Waals surface area contributed by atoms with E-state index in [0.29, 0.717) is 38.9 Å². The number of carbonyl (C=O) groups excluding carboxylic acids is 3. The van der Waals surface area contributed by atoms with Crippen LogP contribution in [0.3, 0.4) is 0 Å². The standard InChI is InChI=1S/C20H39N3O6/c1-19(2,3)28-17(25)22(7)13-9-10-15-27-16(24)21-12-11-14-23(8)18(26)29-20(4,5)6/h9-15H2,1-8H3,(H,21,24). The minimum absolute atomic E-state index is 0.270. The van der Waals surface area contributed by atoms with E-state index in [2.05, 4.69) is 5.32 Å². The molecule has 0 rings (SSSR count). The summed E-state index contributed by atoms with van der Waals surface area (Å²) in [5.74, 6) is 0. The largest absolute Gasteiger partial charge is 0.450 e. The quantitative estimate of drug-likeness (QED) is 0.455. The van der Waals surface area contributed by atoms with Gasteiger partial charge >= 0.3 is 18.3 Å². The molecule has 0 aromatic heterocycles. The number of alkyl carbamates (subject to hydrolysis) is 1. The van der Waals surface area contributed by atoms with E-state index in [4.69, 9.17) is 14.2 Å². The Morgan fingerprint density at radius 3 is 1.66 bits per heavy atom. The third kappa shape index (κ3) is 15.4. The third-order valence-corrected chi connectivity index (χ3v) is 3.47. The highest BCUT2D eigenvalue weighted by atomic mass is 16.6. The SMILES string of the molecule is CN(CCCCOC(=O)NCCCN(C)C(=O)OC(C)(C)C)C(=O)OC(C)(C)C. The fourth-order valence-electron chi connectivity index (χ4n) is 2.04. The Bertz CT molecular complexity index is 525. The zero-order valence-electron chi connectivity index (χ0n) is 19.3. The molecular formula is C20H39N3O6. The van der Waals surface area contributed by atoms with E-state index in [1.54, 1.807) is 14.1 Å². The Kier molecular flexibility index (Phi) is 11.5. The number of hydrogen-bond donors (Lipinski definition) is 1. The van der Waals surface area contributed by atoms with E-state index in [-0.39, 0.29) is 12.7 Å². The molecule has 0 bridgehead atoms. The van der Waals surface area contributed by atoms with Gasteiger partial charge in [-0.1, -0.05) is 0 Å². The molecule has 0 saturated heterocycles. The lowest BCUT2D eigenvalue weighted by Gasteiger charge is -2.24. The predicted molar refractivity (Wildman–Crippen MR) is 111 cm³/mol. The minimum atomic E-state index is -0.533. The first kappa shape index (κ1) is 26.8. The Labute approximate surface area is 175 Å². The topological polar surface area (TPSA) is 97.4 Å². The van der Waals surface area contributed by atoms with Crippen molar-refractivity contribution in [3.63, 3.8) is 0 Å². The predicted octanol–water partition coefficient (Wildman–Crippen LogP) is 3.62. The maximum Gasteiger partial charge on any atom is 0.410 e. The number of carbonyl (C=O) groups is 3. The normalized spacial score (nSPS) is 11.4. The van der Waals surface area contributed by atoms with Gasteiger partial charge in [-0.2, -0.15) is 0 Å². The summed E-state index contributed by atoms with van der Waals surface area (Å²) in [5, 5.41) is 2.64. The highest BCUT2D eigenvalue weighted by Gasteiger charge is 2.20. The summed E-state index contributed by atoms with van der Waals surface area (Å²) in [6, 6.07) is 0. The first-order chi connectivity index (χ1) is 13.2. The summed E-state index contributed by atoms with van der Waals surface area (Å²) in [6.07, 6.45) is 0.673. The number of amides is 3. The van der Waals surface area contributed by atoms with Crippen molar-refractivity contribution in [1.82, 2.24) is 15.1 Å². The molecule has 170 valence electrons. The summed E-state index contributed by atoms with van der Waals surface area (Å²) >= 11 is 0. The molecule has 0 radical (unpaired) electrons. The fraction of sp³-hybridized carbons (Fsp3) is 0.850. The number of hydrogen-bond acceptors (Lipinski definition) is 6. The Morgan fingerprint density at radius 1 is 0.759 bits per heavy atom. The Balaban J connectivity index is 3.78. The van der Waals surface area contributed by atoms with Gasteiger partial charge < -0.3 is 29.3 Å². The lowest BCUT2D eigenvalue weighted by molar-refractivity contribution is 0.0284. The molecule has 0 unspecified atom stereocenters. The highest BCUT2D eigenvalue weighted by Crippen LogP contribution is 2.10. The van der Waals surface area contributed by atoms with E-state index in [0.717, 1.165) is 0 Å². The van der Waals surface area contributed by atoms with Crippen molar-refractivity contribution in [2.75, 3.05) is 40.3 Å². The monoisotopic (exact) mass is 417 g/mol. The second kappa shape index (κ2) is 12.4. The van der Waals surface area contributed by atoms with Crippen LogP contribution in [-0.4, -0.2) is 79.6 Å². The molecule has 0 aliphatic rings. The van der Waals surface area contributed by atoms with Crippen LogP contribution >= 0.6 is 0 Å². The van der Waals surface area contributed by atoms with Gasteiger partial charge in [0.2, 0.25) is 0 Å². The van der Waals surface area contributed by atoms with Crippen molar-refractivity contribution in [2.24, 2.45) is 0 Å². The van der Waals surface area contributed by atoms with Crippen LogP contribution in [0.25, 0.3) is 0 Å². The van der Waals surface area contributed by atoms with Crippen LogP contribution in [0.1, 0.15) is 60.8 Å². The summed E-state index contributed by atoms with van der Waals surface area (Å²) in [7, 11) is 3.33. The molecule has 9 nitrogen and oxygen atoms in total. The third-order valence-electron chi connectivity index (χ3n) is 3.47. The Hall–Kier alpha value is -2.19. The lowest BCUT2D eigenvalue weighted by atomic mass is 10.2. The fourth-order valence-corrected chi connectivity index (χ4v) is 2.04. The van der Waals surface area contributed by atoms with Crippen molar-refractivity contribution in [3.8, 4) is 0 Å². The van der Waals surface area contributed by atoms with Gasteiger partial charge in [-0.25, -0.2) is 14.4 Å². The minimum Gasteiger partial charge on any atom is -0.450 e. The summed E-state index contributed by atoms with van der Waals surface area (Å²) < 4.78 is 15.6. The molecule has 29 heavy (non-hydrogen) atoms. The first-order valence-corrected chi connectivity index (χ1v) is 10.00. The molecule has 9 heteroatoms. The highest BCUT2D eigenvalue weighted by molar-refractivity contribution is 5.68. The number of unbranched alkanes of at least 4 members (excludes halogenated alkanes) is 1. The molecule has 0 atom stereocenters. The average molecular weight is 418 g/mol. The van der Waals surface area contributed by atoms with Crippen LogP contribution in [0, 0.1) is 0 Å². The summed E-state index contributed by atoms with van der Waals surface area (Å²) in [5.41, 5.74) is -1.05. The molecule has 0 saturated carbocycles. The Morgan fingerprint density at radius 2 is 1.21 bits per heavy atom. The van der Waals surface area contributed by atoms with E-state index < -0.39 is 23.4 Å². The second-order valence-electron chi connectivity index (χ2n) is 8.93. The van der Waals surface area contributed by atoms with Crippen LogP contribution in [0.4, 0.5) is 14.4 Å². The van der Waals surface area contributed by atoms with E-state index >= 15 is 0 Å². The molecule has 0 spiro atoms. The van der Waals surface area contributed by atoms with Crippen LogP contribution in [-0.2, 0) is 14.2 Å². The molecule has 0 aliphatic heterocycles. The molecule has 0 heterocycles. The summed E-state index contributed by atoms with van der Waals surface area (Å²) in [6.45, 7) is 12.5. The zero-order chi connectivity index (χ0) is 22.7. The molecule has 1 N–H and O–H groups in total. The van der Waals surface area contributed by atoms with E-state index in [1.165, 1.54) is 9.80 Å². The summed E-state index contributed by atoms with van der Waals surface area (Å²) in [4.78, 5) is 38.2. The van der Waals surface area contributed by atoms with Gasteiger partial charge in [0.25, 0.3) is 0 Å². The molecule has 0 aromatic rings. The average Bonchev–Trinajstić information content (AvgIpc) is 2.54. The van der Waals surface area contributed by atoms with Crippen molar-refractivity contribution < 1.29 is 28.6 Å². The van der Waals surface area contributed by atoms with Crippen LogP contribution in [0.5, 0.6) is 0 Å². The number of ether oxygens (including phenoxy) is 3. The van der Waals surface area contributed by atoms with Gasteiger partial charge in [0.1, 0.15) is 11.2 Å². The van der Waals surface area contributed by atoms with Crippen LogP contribution in [0.2, 0.25) is 0 Å². The van der Waals surface area contributed by atoms with Gasteiger partial charge in [0.15, 0.2) is 0 Å². The van der Waals surface area contributed by atoms with Gasteiger partial charge in [-0.15, -0.1) is 0 Å². The second-order valence-corrected chi connectivity index (χ2v) is 8.93. The van der Waals surface area contributed by atoms with E-state index in [9.17, 15) is 14.4 Å².